The van der Waals surface area contributed by atoms with Crippen LogP contribution in [-0.2, 0) is 19.0 Å². The zero-order valence-electron chi connectivity index (χ0n) is 15.5. The Hall–Kier alpha value is -1.82. The van der Waals surface area contributed by atoms with Crippen LogP contribution in [0.2, 0.25) is 0 Å². The smallest absolute Gasteiger partial charge is 0.412 e. The van der Waals surface area contributed by atoms with Crippen molar-refractivity contribution in [3.05, 3.63) is 25.3 Å². The van der Waals surface area contributed by atoms with Gasteiger partial charge in [-0.25, -0.2) is 4.79 Å². The molecule has 0 N–H and O–H groups in total. The summed E-state index contributed by atoms with van der Waals surface area (Å²) in [5.74, 6) is -0.436. The maximum atomic E-state index is 12.7. The van der Waals surface area contributed by atoms with E-state index in [-0.39, 0.29) is 6.04 Å². The Bertz CT molecular complexity index is 506. The summed E-state index contributed by atoms with van der Waals surface area (Å²) in [6, 6.07) is -0.380. The monoisotopic (exact) mass is 339 g/mol. The van der Waals surface area contributed by atoms with E-state index in [4.69, 9.17) is 14.2 Å². The second-order valence-electron chi connectivity index (χ2n) is 7.28. The molecule has 136 valence electrons. The lowest BCUT2D eigenvalue weighted by molar-refractivity contribution is -0.154. The van der Waals surface area contributed by atoms with E-state index >= 15 is 0 Å². The van der Waals surface area contributed by atoms with Gasteiger partial charge in [0.1, 0.15) is 23.5 Å². The summed E-state index contributed by atoms with van der Waals surface area (Å²) in [5, 5.41) is 0. The predicted octanol–water partition coefficient (Wildman–Crippen LogP) is 3.42. The first-order valence-electron chi connectivity index (χ1n) is 8.03. The van der Waals surface area contributed by atoms with Gasteiger partial charge in [0.05, 0.1) is 6.04 Å². The molecular weight excluding hydrogens is 310 g/mol. The summed E-state index contributed by atoms with van der Waals surface area (Å²) in [4.78, 5) is 25.6. The second kappa shape index (κ2) is 7.38. The highest BCUT2D eigenvalue weighted by atomic mass is 16.6. The Kier molecular flexibility index (Phi) is 6.22. The fourth-order valence-corrected chi connectivity index (χ4v) is 2.82. The van der Waals surface area contributed by atoms with E-state index in [2.05, 4.69) is 13.2 Å². The molecule has 1 fully saturated rings. The zero-order chi connectivity index (χ0) is 18.7. The minimum absolute atomic E-state index is 0.380. The maximum Gasteiger partial charge on any atom is 0.412 e. The number of nitrogens with zero attached hydrogens (tertiary/aromatic N) is 1. The SMILES string of the molecule is C=CC[C@@H]1[C@@H]([C@H](C=C)OC(C)=O)OC(C)(C)N1C(=O)OC(C)(C)C. The molecule has 0 aromatic rings. The molecule has 1 saturated heterocycles. The normalized spacial score (nSPS) is 24.2. The van der Waals surface area contributed by atoms with E-state index in [9.17, 15) is 9.59 Å². The van der Waals surface area contributed by atoms with E-state index in [1.165, 1.54) is 13.0 Å². The number of rotatable bonds is 5. The topological polar surface area (TPSA) is 65.1 Å². The molecule has 6 nitrogen and oxygen atoms in total. The second-order valence-corrected chi connectivity index (χ2v) is 7.28. The highest BCUT2D eigenvalue weighted by molar-refractivity contribution is 5.70. The lowest BCUT2D eigenvalue weighted by atomic mass is 10.0. The molecule has 0 saturated carbocycles. The van der Waals surface area contributed by atoms with Crippen LogP contribution in [0.1, 0.15) is 48.0 Å². The first-order valence-corrected chi connectivity index (χ1v) is 8.03. The minimum atomic E-state index is -0.915. The van der Waals surface area contributed by atoms with Crippen LogP contribution >= 0.6 is 0 Å². The molecule has 1 amide bonds. The molecule has 1 aliphatic rings. The van der Waals surface area contributed by atoms with Gasteiger partial charge in [0.15, 0.2) is 0 Å². The van der Waals surface area contributed by atoms with Crippen LogP contribution in [-0.4, -0.2) is 46.5 Å². The molecule has 1 heterocycles. The number of esters is 1. The molecule has 0 bridgehead atoms. The first-order chi connectivity index (χ1) is 10.9. The van der Waals surface area contributed by atoms with Crippen molar-refractivity contribution >= 4 is 12.1 Å². The molecule has 0 aliphatic carbocycles. The standard InChI is InChI=1S/C18H29NO5/c1-9-11-13-15(14(10-2)22-12(3)20)23-18(7,8)19(13)16(21)24-17(4,5)6/h9-10,13-15H,1-2,11H2,3-8H3/t13-,14+,15+/m1/s1. The molecule has 3 atom stereocenters. The average Bonchev–Trinajstić information content (AvgIpc) is 2.65. The van der Waals surface area contributed by atoms with Crippen molar-refractivity contribution in [2.24, 2.45) is 0 Å². The Morgan fingerprint density at radius 2 is 1.92 bits per heavy atom. The third-order valence-corrected chi connectivity index (χ3v) is 3.57. The molecule has 0 radical (unpaired) electrons. The van der Waals surface area contributed by atoms with Crippen LogP contribution in [0, 0.1) is 0 Å². The van der Waals surface area contributed by atoms with E-state index in [1.807, 2.05) is 0 Å². The van der Waals surface area contributed by atoms with Crippen LogP contribution in [0.4, 0.5) is 4.79 Å². The van der Waals surface area contributed by atoms with Crippen LogP contribution in [0.5, 0.6) is 0 Å². The highest BCUT2D eigenvalue weighted by Gasteiger charge is 2.53. The lowest BCUT2D eigenvalue weighted by Gasteiger charge is -2.35. The van der Waals surface area contributed by atoms with Crippen LogP contribution in [0.15, 0.2) is 25.3 Å². The Morgan fingerprint density at radius 3 is 2.33 bits per heavy atom. The number of carbonyl (C=O) groups is 2. The molecular formula is C18H29NO5. The van der Waals surface area contributed by atoms with E-state index in [0.717, 1.165) is 0 Å². The Labute approximate surface area is 144 Å². The van der Waals surface area contributed by atoms with Gasteiger partial charge in [0.2, 0.25) is 0 Å². The van der Waals surface area contributed by atoms with Crippen molar-refractivity contribution in [3.8, 4) is 0 Å². The van der Waals surface area contributed by atoms with Crippen molar-refractivity contribution in [3.63, 3.8) is 0 Å². The highest BCUT2D eigenvalue weighted by Crippen LogP contribution is 2.37. The van der Waals surface area contributed by atoms with E-state index in [1.54, 1.807) is 45.6 Å². The van der Waals surface area contributed by atoms with Gasteiger partial charge in [-0.2, -0.15) is 0 Å². The van der Waals surface area contributed by atoms with Gasteiger partial charge in [-0.15, -0.1) is 6.58 Å². The Balaban J connectivity index is 3.17. The molecule has 24 heavy (non-hydrogen) atoms. The van der Waals surface area contributed by atoms with Crippen molar-refractivity contribution in [2.75, 3.05) is 0 Å². The molecule has 0 aromatic carbocycles. The van der Waals surface area contributed by atoms with Crippen LogP contribution in [0.25, 0.3) is 0 Å². The Morgan fingerprint density at radius 1 is 1.33 bits per heavy atom. The quantitative estimate of drug-likeness (QED) is 0.567. The first kappa shape index (κ1) is 20.2. The minimum Gasteiger partial charge on any atom is -0.455 e. The molecule has 0 aromatic heterocycles. The molecule has 0 unspecified atom stereocenters. The third-order valence-electron chi connectivity index (χ3n) is 3.57. The lowest BCUT2D eigenvalue weighted by Crippen LogP contribution is -2.50. The molecule has 1 aliphatic heterocycles. The van der Waals surface area contributed by atoms with Gasteiger partial charge in [0, 0.05) is 6.92 Å². The van der Waals surface area contributed by atoms with Gasteiger partial charge in [-0.3, -0.25) is 9.69 Å². The van der Waals surface area contributed by atoms with Crippen molar-refractivity contribution in [2.45, 2.75) is 77.5 Å². The fourth-order valence-electron chi connectivity index (χ4n) is 2.82. The number of ether oxygens (including phenoxy) is 3. The summed E-state index contributed by atoms with van der Waals surface area (Å²) in [6.45, 7) is 17.8. The van der Waals surface area contributed by atoms with Gasteiger partial charge < -0.3 is 14.2 Å². The predicted molar refractivity (Wildman–Crippen MR) is 91.4 cm³/mol. The summed E-state index contributed by atoms with van der Waals surface area (Å²) >= 11 is 0. The number of hydrogen-bond acceptors (Lipinski definition) is 5. The van der Waals surface area contributed by atoms with E-state index in [0.29, 0.717) is 6.42 Å². The average molecular weight is 339 g/mol. The van der Waals surface area contributed by atoms with Gasteiger partial charge in [-0.05, 0) is 47.1 Å². The van der Waals surface area contributed by atoms with Crippen molar-refractivity contribution in [1.29, 1.82) is 0 Å². The summed E-state index contributed by atoms with van der Waals surface area (Å²) in [5.41, 5.74) is -1.54. The molecule has 0 spiro atoms. The van der Waals surface area contributed by atoms with E-state index < -0.39 is 35.6 Å². The summed E-state index contributed by atoms with van der Waals surface area (Å²) < 4.78 is 16.8. The van der Waals surface area contributed by atoms with Crippen LogP contribution < -0.4 is 0 Å². The largest absolute Gasteiger partial charge is 0.455 e. The zero-order valence-corrected chi connectivity index (χ0v) is 15.5. The third kappa shape index (κ3) is 4.84. The number of hydrogen-bond donors (Lipinski definition) is 0. The molecule has 6 heteroatoms. The van der Waals surface area contributed by atoms with Gasteiger partial charge >= 0.3 is 12.1 Å². The van der Waals surface area contributed by atoms with Gasteiger partial charge in [0.25, 0.3) is 0 Å². The fraction of sp³-hybridized carbons (Fsp3) is 0.667. The number of carbonyl (C=O) groups excluding carboxylic acids is 2. The van der Waals surface area contributed by atoms with Gasteiger partial charge in [-0.1, -0.05) is 12.7 Å². The summed E-state index contributed by atoms with van der Waals surface area (Å²) in [6.07, 6.45) is 1.99. The number of amides is 1. The van der Waals surface area contributed by atoms with Crippen LogP contribution in [0.3, 0.4) is 0 Å². The maximum absolute atomic E-state index is 12.7. The van der Waals surface area contributed by atoms with Crippen molar-refractivity contribution in [1.82, 2.24) is 4.90 Å². The molecule has 1 rings (SSSR count). The summed E-state index contributed by atoms with van der Waals surface area (Å²) in [7, 11) is 0. The van der Waals surface area contributed by atoms with Crippen molar-refractivity contribution < 1.29 is 23.8 Å².